The summed E-state index contributed by atoms with van der Waals surface area (Å²) in [6.07, 6.45) is 6.69. The van der Waals surface area contributed by atoms with Crippen molar-refractivity contribution in [2.75, 3.05) is 6.54 Å². The van der Waals surface area contributed by atoms with Gasteiger partial charge >= 0.3 is 0 Å². The molecule has 112 valence electrons. The molecule has 1 aromatic carbocycles. The first-order valence-electron chi connectivity index (χ1n) is 7.91. The molecule has 1 fully saturated rings. The molecule has 0 amide bonds. The summed E-state index contributed by atoms with van der Waals surface area (Å²) in [6.45, 7) is 3.03. The van der Waals surface area contributed by atoms with Gasteiger partial charge < -0.3 is 5.32 Å². The molecule has 1 unspecified atom stereocenters. The van der Waals surface area contributed by atoms with Crippen LogP contribution in [0.2, 0.25) is 0 Å². The minimum absolute atomic E-state index is 0.219. The van der Waals surface area contributed by atoms with Crippen LogP contribution in [0.4, 0.5) is 0 Å². The standard InChI is InChI=1S/C16H23N5/c1-13(12-17-15-10-6-3-7-11-15)21-19-16(18-20-21)14-8-4-2-5-9-14/h2,4-5,8-9,13,15,17H,3,6-7,10-12H2,1H3. The van der Waals surface area contributed by atoms with E-state index in [1.807, 2.05) is 30.3 Å². The molecule has 1 aliphatic carbocycles. The van der Waals surface area contributed by atoms with Crippen LogP contribution in [0.3, 0.4) is 0 Å². The molecule has 1 heterocycles. The van der Waals surface area contributed by atoms with Gasteiger partial charge in [0.1, 0.15) is 0 Å². The van der Waals surface area contributed by atoms with Gasteiger partial charge in [-0.15, -0.1) is 10.2 Å². The summed E-state index contributed by atoms with van der Waals surface area (Å²) in [6, 6.07) is 10.9. The lowest BCUT2D eigenvalue weighted by Crippen LogP contribution is -2.35. The highest BCUT2D eigenvalue weighted by molar-refractivity contribution is 5.52. The van der Waals surface area contributed by atoms with E-state index in [4.69, 9.17) is 0 Å². The molecule has 0 radical (unpaired) electrons. The van der Waals surface area contributed by atoms with Crippen molar-refractivity contribution < 1.29 is 0 Å². The van der Waals surface area contributed by atoms with Gasteiger partial charge in [-0.1, -0.05) is 49.6 Å². The molecule has 5 nitrogen and oxygen atoms in total. The molecule has 1 aliphatic rings. The maximum absolute atomic E-state index is 4.50. The van der Waals surface area contributed by atoms with Gasteiger partial charge in [-0.25, -0.2) is 0 Å². The van der Waals surface area contributed by atoms with Crippen LogP contribution in [-0.2, 0) is 0 Å². The van der Waals surface area contributed by atoms with Gasteiger partial charge in [0, 0.05) is 18.2 Å². The predicted molar refractivity (Wildman–Crippen MR) is 82.8 cm³/mol. The second-order valence-electron chi connectivity index (χ2n) is 5.89. The number of nitrogens with one attached hydrogen (secondary N) is 1. The number of hydrogen-bond acceptors (Lipinski definition) is 4. The van der Waals surface area contributed by atoms with Crippen molar-refractivity contribution >= 4 is 0 Å². The molecule has 1 N–H and O–H groups in total. The monoisotopic (exact) mass is 285 g/mol. The van der Waals surface area contributed by atoms with Crippen molar-refractivity contribution in [2.24, 2.45) is 0 Å². The van der Waals surface area contributed by atoms with Crippen molar-refractivity contribution in [1.82, 2.24) is 25.5 Å². The molecule has 2 aromatic rings. The Bertz CT molecular complexity index is 545. The zero-order chi connectivity index (χ0) is 14.5. The molecule has 1 aromatic heterocycles. The van der Waals surface area contributed by atoms with Crippen LogP contribution in [-0.4, -0.2) is 32.8 Å². The van der Waals surface area contributed by atoms with Gasteiger partial charge in [0.2, 0.25) is 5.82 Å². The maximum atomic E-state index is 4.50. The Hall–Kier alpha value is -1.75. The van der Waals surface area contributed by atoms with E-state index < -0.39 is 0 Å². The van der Waals surface area contributed by atoms with Gasteiger partial charge in [-0.05, 0) is 25.0 Å². The summed E-state index contributed by atoms with van der Waals surface area (Å²) in [5.74, 6) is 0.695. The van der Waals surface area contributed by atoms with E-state index in [2.05, 4.69) is 27.7 Å². The Balaban J connectivity index is 1.57. The molecular formula is C16H23N5. The maximum Gasteiger partial charge on any atom is 0.204 e. The highest BCUT2D eigenvalue weighted by Crippen LogP contribution is 2.18. The van der Waals surface area contributed by atoms with E-state index in [1.165, 1.54) is 32.1 Å². The van der Waals surface area contributed by atoms with Gasteiger partial charge in [0.25, 0.3) is 0 Å². The third kappa shape index (κ3) is 3.67. The lowest BCUT2D eigenvalue weighted by Gasteiger charge is -2.24. The fraction of sp³-hybridized carbons (Fsp3) is 0.562. The first-order valence-corrected chi connectivity index (χ1v) is 7.91. The molecule has 0 bridgehead atoms. The number of hydrogen-bond donors (Lipinski definition) is 1. The molecule has 1 atom stereocenters. The quantitative estimate of drug-likeness (QED) is 0.918. The highest BCUT2D eigenvalue weighted by Gasteiger charge is 2.16. The molecule has 0 spiro atoms. The second kappa shape index (κ2) is 6.80. The number of tetrazole rings is 1. The number of rotatable bonds is 5. The highest BCUT2D eigenvalue weighted by atomic mass is 15.6. The van der Waals surface area contributed by atoms with E-state index >= 15 is 0 Å². The van der Waals surface area contributed by atoms with Crippen LogP contribution in [0.5, 0.6) is 0 Å². The fourth-order valence-corrected chi connectivity index (χ4v) is 2.84. The van der Waals surface area contributed by atoms with Crippen LogP contribution in [0.1, 0.15) is 45.1 Å². The van der Waals surface area contributed by atoms with Crippen molar-refractivity contribution in [3.63, 3.8) is 0 Å². The van der Waals surface area contributed by atoms with Gasteiger partial charge in [0.15, 0.2) is 0 Å². The number of nitrogens with zero attached hydrogens (tertiary/aromatic N) is 4. The van der Waals surface area contributed by atoms with Gasteiger partial charge in [-0.3, -0.25) is 0 Å². The van der Waals surface area contributed by atoms with Crippen LogP contribution in [0.15, 0.2) is 30.3 Å². The Morgan fingerprint density at radius 1 is 1.19 bits per heavy atom. The molecule has 0 aliphatic heterocycles. The third-order valence-corrected chi connectivity index (χ3v) is 4.16. The van der Waals surface area contributed by atoms with Crippen molar-refractivity contribution in [2.45, 2.75) is 51.1 Å². The zero-order valence-electron chi connectivity index (χ0n) is 12.6. The van der Waals surface area contributed by atoms with Crippen molar-refractivity contribution in [3.8, 4) is 11.4 Å². The van der Waals surface area contributed by atoms with Crippen molar-refractivity contribution in [3.05, 3.63) is 30.3 Å². The molecular weight excluding hydrogens is 262 g/mol. The Morgan fingerprint density at radius 3 is 2.71 bits per heavy atom. The summed E-state index contributed by atoms with van der Waals surface area (Å²) in [4.78, 5) is 1.72. The van der Waals surface area contributed by atoms with E-state index in [0.717, 1.165) is 12.1 Å². The topological polar surface area (TPSA) is 55.6 Å². The second-order valence-corrected chi connectivity index (χ2v) is 5.89. The summed E-state index contributed by atoms with van der Waals surface area (Å²) in [5, 5.41) is 16.5. The summed E-state index contributed by atoms with van der Waals surface area (Å²) >= 11 is 0. The molecule has 0 saturated heterocycles. The minimum Gasteiger partial charge on any atom is -0.312 e. The SMILES string of the molecule is CC(CNC1CCCCC1)n1nnc(-c2ccccc2)n1. The van der Waals surface area contributed by atoms with Gasteiger partial charge in [-0.2, -0.15) is 4.80 Å². The minimum atomic E-state index is 0.219. The summed E-state index contributed by atoms with van der Waals surface area (Å²) in [7, 11) is 0. The van der Waals surface area contributed by atoms with Gasteiger partial charge in [0.05, 0.1) is 6.04 Å². The Kier molecular flexibility index (Phi) is 4.60. The van der Waals surface area contributed by atoms with Crippen LogP contribution >= 0.6 is 0 Å². The molecule has 1 saturated carbocycles. The lowest BCUT2D eigenvalue weighted by molar-refractivity contribution is 0.329. The average molecular weight is 285 g/mol. The summed E-state index contributed by atoms with van der Waals surface area (Å²) < 4.78 is 0. The molecule has 5 heteroatoms. The predicted octanol–water partition coefficient (Wildman–Crippen LogP) is 2.82. The van der Waals surface area contributed by atoms with E-state index in [-0.39, 0.29) is 6.04 Å². The third-order valence-electron chi connectivity index (χ3n) is 4.16. The Labute approximate surface area is 125 Å². The number of benzene rings is 1. The first kappa shape index (κ1) is 14.2. The van der Waals surface area contributed by atoms with E-state index in [1.54, 1.807) is 4.80 Å². The first-order chi connectivity index (χ1) is 10.3. The fourth-order valence-electron chi connectivity index (χ4n) is 2.84. The zero-order valence-corrected chi connectivity index (χ0v) is 12.6. The smallest absolute Gasteiger partial charge is 0.204 e. The number of aromatic nitrogens is 4. The van der Waals surface area contributed by atoms with Crippen LogP contribution < -0.4 is 5.32 Å². The summed E-state index contributed by atoms with van der Waals surface area (Å²) in [5.41, 5.74) is 1.01. The van der Waals surface area contributed by atoms with Crippen LogP contribution in [0, 0.1) is 0 Å². The lowest BCUT2D eigenvalue weighted by atomic mass is 9.95. The van der Waals surface area contributed by atoms with Crippen LogP contribution in [0.25, 0.3) is 11.4 Å². The largest absolute Gasteiger partial charge is 0.312 e. The van der Waals surface area contributed by atoms with Crippen molar-refractivity contribution in [1.29, 1.82) is 0 Å². The normalized spacial score (nSPS) is 17.8. The average Bonchev–Trinajstić information content (AvgIpc) is 3.04. The van der Waals surface area contributed by atoms with E-state index in [9.17, 15) is 0 Å². The van der Waals surface area contributed by atoms with E-state index in [0.29, 0.717) is 11.9 Å². The molecule has 21 heavy (non-hydrogen) atoms. The Morgan fingerprint density at radius 2 is 1.95 bits per heavy atom. The molecule has 3 rings (SSSR count).